The van der Waals surface area contributed by atoms with Gasteiger partial charge in [0.1, 0.15) is 11.5 Å². The van der Waals surface area contributed by atoms with Crippen molar-refractivity contribution in [3.63, 3.8) is 0 Å². The van der Waals surface area contributed by atoms with Crippen LogP contribution in [-0.2, 0) is 21.4 Å². The first kappa shape index (κ1) is 21.1. The van der Waals surface area contributed by atoms with E-state index in [4.69, 9.17) is 9.47 Å². The molecule has 1 aliphatic heterocycles. The van der Waals surface area contributed by atoms with Gasteiger partial charge < -0.3 is 14.8 Å². The van der Waals surface area contributed by atoms with Crippen LogP contribution in [0.15, 0.2) is 47.4 Å². The van der Waals surface area contributed by atoms with E-state index in [2.05, 4.69) is 5.32 Å². The number of sulfonamides is 1. The molecule has 8 heteroatoms. The van der Waals surface area contributed by atoms with Crippen molar-refractivity contribution >= 4 is 15.9 Å². The zero-order valence-corrected chi connectivity index (χ0v) is 17.7. The van der Waals surface area contributed by atoms with Crippen molar-refractivity contribution in [3.8, 4) is 11.5 Å². The predicted molar refractivity (Wildman–Crippen MR) is 109 cm³/mol. The first-order valence-corrected chi connectivity index (χ1v) is 10.9. The Morgan fingerprint density at radius 2 is 1.86 bits per heavy atom. The van der Waals surface area contributed by atoms with Crippen molar-refractivity contribution in [2.75, 3.05) is 20.8 Å². The number of hydrogen-bond acceptors (Lipinski definition) is 5. The van der Waals surface area contributed by atoms with Crippen LogP contribution in [0.5, 0.6) is 11.5 Å². The van der Waals surface area contributed by atoms with Gasteiger partial charge in [-0.3, -0.25) is 4.79 Å². The zero-order chi connectivity index (χ0) is 21.0. The van der Waals surface area contributed by atoms with E-state index in [0.717, 1.165) is 17.5 Å². The second-order valence-corrected chi connectivity index (χ2v) is 8.83. The quantitative estimate of drug-likeness (QED) is 0.747. The van der Waals surface area contributed by atoms with Gasteiger partial charge in [0.15, 0.2) is 0 Å². The third kappa shape index (κ3) is 4.54. The molecule has 0 spiro atoms. The summed E-state index contributed by atoms with van der Waals surface area (Å²) in [4.78, 5) is 11.3. The molecule has 1 fully saturated rings. The predicted octanol–water partition coefficient (Wildman–Crippen LogP) is 2.87. The van der Waals surface area contributed by atoms with Crippen molar-refractivity contribution in [1.82, 2.24) is 9.62 Å². The van der Waals surface area contributed by atoms with Gasteiger partial charge in [-0.05, 0) is 48.7 Å². The smallest absolute Gasteiger partial charge is 0.243 e. The average molecular weight is 419 g/mol. The lowest BCUT2D eigenvalue weighted by atomic mass is 10.0. The van der Waals surface area contributed by atoms with Crippen molar-refractivity contribution in [1.29, 1.82) is 0 Å². The van der Waals surface area contributed by atoms with Crippen molar-refractivity contribution in [2.45, 2.75) is 37.2 Å². The monoisotopic (exact) mass is 418 g/mol. The van der Waals surface area contributed by atoms with Crippen molar-refractivity contribution < 1.29 is 22.7 Å². The summed E-state index contributed by atoms with van der Waals surface area (Å²) in [5, 5.41) is 2.70. The van der Waals surface area contributed by atoms with E-state index in [0.29, 0.717) is 31.0 Å². The maximum Gasteiger partial charge on any atom is 0.243 e. The minimum atomic E-state index is -3.68. The summed E-state index contributed by atoms with van der Waals surface area (Å²) >= 11 is 0. The number of carbonyl (C=O) groups excluding carboxylic acids is 1. The third-order valence-electron chi connectivity index (χ3n) is 5.07. The molecule has 0 aromatic heterocycles. The highest BCUT2D eigenvalue weighted by Crippen LogP contribution is 2.41. The first-order chi connectivity index (χ1) is 13.9. The second kappa shape index (κ2) is 8.84. The molecule has 29 heavy (non-hydrogen) atoms. The number of benzene rings is 2. The summed E-state index contributed by atoms with van der Waals surface area (Å²) in [5.74, 6) is 1.17. The SMILES string of the molecule is COc1ccc(OC)c([C@@H]2CCCN2S(=O)(=O)c2ccc(CNC(C)=O)cc2)c1. The Kier molecular flexibility index (Phi) is 6.44. The Balaban J connectivity index is 1.89. The van der Waals surface area contributed by atoms with E-state index >= 15 is 0 Å². The molecular formula is C21H26N2O5S. The van der Waals surface area contributed by atoms with Gasteiger partial charge in [-0.15, -0.1) is 0 Å². The molecule has 7 nitrogen and oxygen atoms in total. The Labute approximate surface area is 171 Å². The van der Waals surface area contributed by atoms with E-state index in [9.17, 15) is 13.2 Å². The highest BCUT2D eigenvalue weighted by Gasteiger charge is 2.37. The van der Waals surface area contributed by atoms with Crippen LogP contribution >= 0.6 is 0 Å². The molecule has 3 rings (SSSR count). The van der Waals surface area contributed by atoms with E-state index in [1.165, 1.54) is 11.2 Å². The van der Waals surface area contributed by atoms with Crippen LogP contribution < -0.4 is 14.8 Å². The molecular weight excluding hydrogens is 392 g/mol. The molecule has 0 saturated carbocycles. The van der Waals surface area contributed by atoms with E-state index in [1.54, 1.807) is 50.6 Å². The number of nitrogens with one attached hydrogen (secondary N) is 1. The van der Waals surface area contributed by atoms with Crippen LogP contribution in [-0.4, -0.2) is 39.4 Å². The van der Waals surface area contributed by atoms with Crippen molar-refractivity contribution in [2.24, 2.45) is 0 Å². The normalized spacial score (nSPS) is 17.1. The first-order valence-electron chi connectivity index (χ1n) is 9.44. The minimum Gasteiger partial charge on any atom is -0.497 e. The summed E-state index contributed by atoms with van der Waals surface area (Å²) < 4.78 is 39.0. The number of carbonyl (C=O) groups is 1. The molecule has 0 bridgehead atoms. The number of methoxy groups -OCH3 is 2. The van der Waals surface area contributed by atoms with Gasteiger partial charge in [-0.25, -0.2) is 8.42 Å². The maximum absolute atomic E-state index is 13.3. The standard InChI is InChI=1S/C21H26N2O5S/c1-15(24)22-14-16-6-9-18(10-7-16)29(25,26)23-12-4-5-20(23)19-13-17(27-2)8-11-21(19)28-3/h6-11,13,20H,4-5,12,14H2,1-3H3,(H,22,24)/t20-/m0/s1. The highest BCUT2D eigenvalue weighted by atomic mass is 32.2. The van der Waals surface area contributed by atoms with Crippen LogP contribution in [0, 0.1) is 0 Å². The third-order valence-corrected chi connectivity index (χ3v) is 6.99. The van der Waals surface area contributed by atoms with Gasteiger partial charge in [-0.2, -0.15) is 4.31 Å². The minimum absolute atomic E-state index is 0.131. The Morgan fingerprint density at radius 3 is 2.48 bits per heavy atom. The van der Waals surface area contributed by atoms with Gasteiger partial charge in [0.25, 0.3) is 0 Å². The fourth-order valence-corrected chi connectivity index (χ4v) is 5.25. The molecule has 1 heterocycles. The zero-order valence-electron chi connectivity index (χ0n) is 16.8. The highest BCUT2D eigenvalue weighted by molar-refractivity contribution is 7.89. The van der Waals surface area contributed by atoms with E-state index < -0.39 is 10.0 Å². The van der Waals surface area contributed by atoms with Gasteiger partial charge in [0, 0.05) is 25.6 Å². The fraction of sp³-hybridized carbons (Fsp3) is 0.381. The molecule has 0 radical (unpaired) electrons. The van der Waals surface area contributed by atoms with E-state index in [-0.39, 0.29) is 16.8 Å². The lowest BCUT2D eigenvalue weighted by molar-refractivity contribution is -0.119. The summed E-state index contributed by atoms with van der Waals surface area (Å²) in [6, 6.07) is 11.7. The molecule has 1 aliphatic rings. The lowest BCUT2D eigenvalue weighted by Gasteiger charge is -2.26. The Morgan fingerprint density at radius 1 is 1.14 bits per heavy atom. The van der Waals surface area contributed by atoms with Crippen LogP contribution in [0.4, 0.5) is 0 Å². The van der Waals surface area contributed by atoms with E-state index in [1.807, 2.05) is 6.07 Å². The summed E-state index contributed by atoms with van der Waals surface area (Å²) in [7, 11) is -0.522. The summed E-state index contributed by atoms with van der Waals surface area (Å²) in [6.45, 7) is 2.25. The number of rotatable bonds is 7. The van der Waals surface area contributed by atoms with Gasteiger partial charge >= 0.3 is 0 Å². The fourth-order valence-electron chi connectivity index (χ4n) is 3.58. The van der Waals surface area contributed by atoms with Gasteiger partial charge in [0.2, 0.25) is 15.9 Å². The molecule has 1 saturated heterocycles. The van der Waals surface area contributed by atoms with Crippen LogP contribution in [0.1, 0.15) is 36.9 Å². The average Bonchev–Trinajstić information content (AvgIpc) is 3.22. The summed E-state index contributed by atoms with van der Waals surface area (Å²) in [6.07, 6.45) is 1.48. The molecule has 0 unspecified atom stereocenters. The number of hydrogen-bond donors (Lipinski definition) is 1. The lowest BCUT2D eigenvalue weighted by Crippen LogP contribution is -2.31. The molecule has 156 valence electrons. The number of ether oxygens (including phenoxy) is 2. The molecule has 1 amide bonds. The van der Waals surface area contributed by atoms with Crippen LogP contribution in [0.2, 0.25) is 0 Å². The van der Waals surface area contributed by atoms with Crippen molar-refractivity contribution in [3.05, 3.63) is 53.6 Å². The maximum atomic E-state index is 13.3. The molecule has 2 aromatic carbocycles. The Bertz CT molecular complexity index is 973. The van der Waals surface area contributed by atoms with Gasteiger partial charge in [0.05, 0.1) is 25.2 Å². The molecule has 1 atom stereocenters. The van der Waals surface area contributed by atoms with Crippen LogP contribution in [0.3, 0.4) is 0 Å². The Hall–Kier alpha value is -2.58. The molecule has 2 aromatic rings. The summed E-state index contributed by atoms with van der Waals surface area (Å²) in [5.41, 5.74) is 1.64. The molecule has 1 N–H and O–H groups in total. The number of nitrogens with zero attached hydrogens (tertiary/aromatic N) is 1. The number of amides is 1. The topological polar surface area (TPSA) is 84.9 Å². The van der Waals surface area contributed by atoms with Crippen LogP contribution in [0.25, 0.3) is 0 Å². The van der Waals surface area contributed by atoms with Gasteiger partial charge in [-0.1, -0.05) is 12.1 Å². The second-order valence-electron chi connectivity index (χ2n) is 6.94. The molecule has 0 aliphatic carbocycles. The largest absolute Gasteiger partial charge is 0.497 e.